The van der Waals surface area contributed by atoms with Gasteiger partial charge in [0.05, 0.1) is 18.7 Å². The maximum Gasteiger partial charge on any atom is 0.407 e. The SMILES string of the molecule is Cc1noc([C@H]2CC[C@H](NC(=O)OCC[Si](C)(C)C)[C@H](NC(=O)OC(C)(C)C)C2)n1. The number of hydrogen-bond donors (Lipinski definition) is 2. The summed E-state index contributed by atoms with van der Waals surface area (Å²) >= 11 is 0. The first-order valence-electron chi connectivity index (χ1n) is 10.6. The third-order valence-corrected chi connectivity index (χ3v) is 6.54. The maximum absolute atomic E-state index is 12.4. The quantitative estimate of drug-likeness (QED) is 0.643. The van der Waals surface area contributed by atoms with Crippen molar-refractivity contribution in [3.8, 4) is 0 Å². The molecule has 3 atom stereocenters. The number of nitrogens with zero attached hydrogens (tertiary/aromatic N) is 2. The van der Waals surface area contributed by atoms with E-state index in [1.54, 1.807) is 6.92 Å². The van der Waals surface area contributed by atoms with Crippen molar-refractivity contribution in [3.05, 3.63) is 11.7 Å². The highest BCUT2D eigenvalue weighted by atomic mass is 28.3. The summed E-state index contributed by atoms with van der Waals surface area (Å²) in [4.78, 5) is 29.0. The van der Waals surface area contributed by atoms with Gasteiger partial charge in [0.15, 0.2) is 5.82 Å². The molecule has 1 aromatic rings. The molecule has 0 spiro atoms. The van der Waals surface area contributed by atoms with Gasteiger partial charge in [-0.15, -0.1) is 0 Å². The van der Waals surface area contributed by atoms with E-state index in [0.717, 1.165) is 12.5 Å². The molecule has 0 saturated heterocycles. The van der Waals surface area contributed by atoms with Gasteiger partial charge >= 0.3 is 12.2 Å². The summed E-state index contributed by atoms with van der Waals surface area (Å²) in [5.41, 5.74) is -0.611. The Bertz CT molecular complexity index is 726. The number of aromatic nitrogens is 2. The van der Waals surface area contributed by atoms with Gasteiger partial charge in [0, 0.05) is 14.0 Å². The number of carbonyl (C=O) groups is 2. The van der Waals surface area contributed by atoms with Crippen LogP contribution in [0.25, 0.3) is 0 Å². The first-order chi connectivity index (χ1) is 13.8. The molecule has 9 nitrogen and oxygen atoms in total. The lowest BCUT2D eigenvalue weighted by molar-refractivity contribution is 0.0468. The van der Waals surface area contributed by atoms with Crippen LogP contribution in [0.15, 0.2) is 4.52 Å². The Kier molecular flexibility index (Phi) is 7.90. The van der Waals surface area contributed by atoms with Gasteiger partial charge in [0.1, 0.15) is 5.60 Å². The third kappa shape index (κ3) is 8.33. The number of hydrogen-bond acceptors (Lipinski definition) is 7. The van der Waals surface area contributed by atoms with Crippen LogP contribution in [0.2, 0.25) is 25.7 Å². The molecule has 170 valence electrons. The van der Waals surface area contributed by atoms with E-state index in [9.17, 15) is 9.59 Å². The summed E-state index contributed by atoms with van der Waals surface area (Å²) in [5, 5.41) is 9.68. The van der Waals surface area contributed by atoms with Crippen molar-refractivity contribution in [2.24, 2.45) is 0 Å². The highest BCUT2D eigenvalue weighted by molar-refractivity contribution is 6.76. The highest BCUT2D eigenvalue weighted by Gasteiger charge is 2.36. The molecule has 1 fully saturated rings. The number of amides is 2. The van der Waals surface area contributed by atoms with Gasteiger partial charge in [0.2, 0.25) is 5.89 Å². The Morgan fingerprint density at radius 2 is 1.80 bits per heavy atom. The Labute approximate surface area is 179 Å². The van der Waals surface area contributed by atoms with Gasteiger partial charge < -0.3 is 24.6 Å². The predicted molar refractivity (Wildman–Crippen MR) is 115 cm³/mol. The normalized spacial score (nSPS) is 22.3. The number of carbonyl (C=O) groups excluding carboxylic acids is 2. The molecular formula is C20H36N4O5Si. The van der Waals surface area contributed by atoms with E-state index in [0.29, 0.717) is 31.2 Å². The smallest absolute Gasteiger partial charge is 0.407 e. The minimum absolute atomic E-state index is 0.00657. The molecule has 1 aromatic heterocycles. The van der Waals surface area contributed by atoms with Crippen molar-refractivity contribution in [2.45, 2.75) is 96.2 Å². The summed E-state index contributed by atoms with van der Waals surface area (Å²) in [6.07, 6.45) is 0.986. The Balaban J connectivity index is 2.01. The van der Waals surface area contributed by atoms with Crippen molar-refractivity contribution in [3.63, 3.8) is 0 Å². The fourth-order valence-corrected chi connectivity index (χ4v) is 4.02. The second-order valence-electron chi connectivity index (χ2n) is 10.1. The van der Waals surface area contributed by atoms with Crippen LogP contribution in [-0.2, 0) is 9.47 Å². The molecule has 2 rings (SSSR count). The molecule has 10 heteroatoms. The molecule has 1 heterocycles. The predicted octanol–water partition coefficient (Wildman–Crippen LogP) is 3.97. The molecule has 0 aliphatic heterocycles. The van der Waals surface area contributed by atoms with Crippen molar-refractivity contribution >= 4 is 20.3 Å². The van der Waals surface area contributed by atoms with Crippen LogP contribution in [0, 0.1) is 6.92 Å². The van der Waals surface area contributed by atoms with Crippen molar-refractivity contribution in [2.75, 3.05) is 6.61 Å². The Morgan fingerprint density at radius 3 is 2.37 bits per heavy atom. The van der Waals surface area contributed by atoms with Crippen LogP contribution in [-0.4, -0.2) is 54.7 Å². The molecule has 2 N–H and O–H groups in total. The topological polar surface area (TPSA) is 116 Å². The zero-order chi connectivity index (χ0) is 22.5. The van der Waals surface area contributed by atoms with Gasteiger partial charge in [-0.25, -0.2) is 9.59 Å². The molecular weight excluding hydrogens is 404 g/mol. The summed E-state index contributed by atoms with van der Waals surface area (Å²) in [5.74, 6) is 1.14. The molecule has 1 saturated carbocycles. The third-order valence-electron chi connectivity index (χ3n) is 4.83. The van der Waals surface area contributed by atoms with E-state index >= 15 is 0 Å². The van der Waals surface area contributed by atoms with Crippen molar-refractivity contribution in [1.82, 2.24) is 20.8 Å². The van der Waals surface area contributed by atoms with Gasteiger partial charge in [-0.2, -0.15) is 4.98 Å². The standard InChI is InChI=1S/C20H36N4O5Si/c1-13-21-17(29-24-13)14-8-9-15(22-18(25)27-10-11-30(5,6)7)16(12-14)23-19(26)28-20(2,3)4/h14-16H,8-12H2,1-7H3,(H,22,25)(H,23,26)/t14-,15-,16+/m0/s1. The zero-order valence-corrected chi connectivity index (χ0v) is 20.2. The van der Waals surface area contributed by atoms with Crippen molar-refractivity contribution in [1.29, 1.82) is 0 Å². The van der Waals surface area contributed by atoms with Crippen LogP contribution in [0.4, 0.5) is 9.59 Å². The van der Waals surface area contributed by atoms with Gasteiger partial charge in [-0.05, 0) is 53.0 Å². The minimum atomic E-state index is -1.28. The fraction of sp³-hybridized carbons (Fsp3) is 0.800. The van der Waals surface area contributed by atoms with E-state index in [1.165, 1.54) is 0 Å². The van der Waals surface area contributed by atoms with E-state index in [2.05, 4.69) is 40.4 Å². The molecule has 0 aromatic carbocycles. The number of aryl methyl sites for hydroxylation is 1. The number of ether oxygens (including phenoxy) is 2. The van der Waals surface area contributed by atoms with Crippen molar-refractivity contribution < 1.29 is 23.6 Å². The minimum Gasteiger partial charge on any atom is -0.450 e. The largest absolute Gasteiger partial charge is 0.450 e. The number of rotatable bonds is 6. The average molecular weight is 441 g/mol. The fourth-order valence-electron chi connectivity index (χ4n) is 3.31. The second-order valence-corrected chi connectivity index (χ2v) is 15.8. The monoisotopic (exact) mass is 440 g/mol. The molecule has 30 heavy (non-hydrogen) atoms. The second kappa shape index (κ2) is 9.80. The van der Waals surface area contributed by atoms with Crippen LogP contribution in [0.1, 0.15) is 57.7 Å². The van der Waals surface area contributed by atoms with Gasteiger partial charge in [-0.3, -0.25) is 0 Å². The summed E-state index contributed by atoms with van der Waals surface area (Å²) < 4.78 is 16.1. The molecule has 0 unspecified atom stereocenters. The van der Waals surface area contributed by atoms with Gasteiger partial charge in [-0.1, -0.05) is 24.8 Å². The zero-order valence-electron chi connectivity index (χ0n) is 19.2. The first-order valence-corrected chi connectivity index (χ1v) is 14.3. The Morgan fingerprint density at radius 1 is 1.13 bits per heavy atom. The van der Waals surface area contributed by atoms with E-state index in [4.69, 9.17) is 14.0 Å². The van der Waals surface area contributed by atoms with E-state index < -0.39 is 25.9 Å². The lowest BCUT2D eigenvalue weighted by Gasteiger charge is -2.35. The molecule has 0 radical (unpaired) electrons. The summed E-state index contributed by atoms with van der Waals surface area (Å²) in [6, 6.07) is 0.302. The number of nitrogens with one attached hydrogen (secondary N) is 2. The lowest BCUT2D eigenvalue weighted by Crippen LogP contribution is -2.55. The molecule has 1 aliphatic rings. The molecule has 1 aliphatic carbocycles. The van der Waals surface area contributed by atoms with E-state index in [-0.39, 0.29) is 18.0 Å². The molecule has 2 amide bonds. The van der Waals surface area contributed by atoms with Gasteiger partial charge in [0.25, 0.3) is 0 Å². The first kappa shape index (κ1) is 24.2. The van der Waals surface area contributed by atoms with Crippen LogP contribution in [0.5, 0.6) is 0 Å². The lowest BCUT2D eigenvalue weighted by atomic mass is 9.82. The van der Waals surface area contributed by atoms with Crippen LogP contribution < -0.4 is 10.6 Å². The van der Waals surface area contributed by atoms with Crippen LogP contribution in [0.3, 0.4) is 0 Å². The maximum atomic E-state index is 12.4. The summed E-state index contributed by atoms with van der Waals surface area (Å²) in [6.45, 7) is 14.3. The highest BCUT2D eigenvalue weighted by Crippen LogP contribution is 2.32. The molecule has 0 bridgehead atoms. The average Bonchev–Trinajstić information content (AvgIpc) is 3.00. The van der Waals surface area contributed by atoms with Crippen LogP contribution >= 0.6 is 0 Å². The summed E-state index contributed by atoms with van der Waals surface area (Å²) in [7, 11) is -1.28. The van der Waals surface area contributed by atoms with E-state index in [1.807, 2.05) is 20.8 Å². The Hall–Kier alpha value is -2.10. The number of alkyl carbamates (subject to hydrolysis) is 2.